The molecule has 0 aliphatic carbocycles. The van der Waals surface area contributed by atoms with Gasteiger partial charge in [-0.25, -0.2) is 4.68 Å². The zero-order valence-electron chi connectivity index (χ0n) is 10.5. The van der Waals surface area contributed by atoms with Crippen LogP contribution in [-0.4, -0.2) is 27.5 Å². The minimum Gasteiger partial charge on any atom is -0.396 e. The van der Waals surface area contributed by atoms with E-state index in [2.05, 4.69) is 5.10 Å². The Morgan fingerprint density at radius 2 is 2.06 bits per heavy atom. The molecule has 4 nitrogen and oxygen atoms in total. The van der Waals surface area contributed by atoms with E-state index >= 15 is 0 Å². The lowest BCUT2D eigenvalue weighted by Gasteiger charge is -2.17. The fraction of sp³-hybridized carbons (Fsp3) is 0.357. The molecule has 0 saturated carbocycles. The molecule has 0 aliphatic rings. The van der Waals surface area contributed by atoms with Crippen LogP contribution in [0.2, 0.25) is 0 Å². The predicted molar refractivity (Wildman–Crippen MR) is 71.7 cm³/mol. The second-order valence-electron chi connectivity index (χ2n) is 4.53. The highest BCUT2D eigenvalue weighted by Gasteiger charge is 2.17. The first-order valence-electron chi connectivity index (χ1n) is 6.19. The Hall–Kier alpha value is -1.65. The van der Waals surface area contributed by atoms with E-state index in [9.17, 15) is 0 Å². The molecule has 2 rings (SSSR count). The summed E-state index contributed by atoms with van der Waals surface area (Å²) >= 11 is 0. The SMILES string of the molecule is CC(N)C(CCO)c1cnn(-c2ccccc2)c1. The van der Waals surface area contributed by atoms with Crippen molar-refractivity contribution >= 4 is 0 Å². The van der Waals surface area contributed by atoms with Crippen LogP contribution in [-0.2, 0) is 0 Å². The zero-order chi connectivity index (χ0) is 13.0. The zero-order valence-corrected chi connectivity index (χ0v) is 10.5. The van der Waals surface area contributed by atoms with Crippen molar-refractivity contribution < 1.29 is 5.11 Å². The number of hydrogen-bond donors (Lipinski definition) is 2. The van der Waals surface area contributed by atoms with Crippen LogP contribution in [0.4, 0.5) is 0 Å². The van der Waals surface area contributed by atoms with Gasteiger partial charge in [0.05, 0.1) is 11.9 Å². The molecule has 0 fully saturated rings. The monoisotopic (exact) mass is 245 g/mol. The molecular formula is C14H19N3O. The Morgan fingerprint density at radius 3 is 2.67 bits per heavy atom. The summed E-state index contributed by atoms with van der Waals surface area (Å²) in [6.07, 6.45) is 4.48. The van der Waals surface area contributed by atoms with Crippen LogP contribution in [0.15, 0.2) is 42.7 Å². The van der Waals surface area contributed by atoms with Crippen LogP contribution in [0.1, 0.15) is 24.8 Å². The van der Waals surface area contributed by atoms with E-state index in [0.29, 0.717) is 6.42 Å². The average Bonchev–Trinajstić information content (AvgIpc) is 2.86. The number of aliphatic hydroxyl groups excluding tert-OH is 1. The molecule has 2 aromatic rings. The van der Waals surface area contributed by atoms with E-state index in [1.807, 2.05) is 54.3 Å². The normalized spacial score (nSPS) is 14.4. The minimum atomic E-state index is 0.00516. The van der Waals surface area contributed by atoms with Crippen LogP contribution in [0.5, 0.6) is 0 Å². The first-order valence-corrected chi connectivity index (χ1v) is 6.19. The van der Waals surface area contributed by atoms with E-state index < -0.39 is 0 Å². The van der Waals surface area contributed by atoms with Crippen molar-refractivity contribution in [1.82, 2.24) is 9.78 Å². The van der Waals surface area contributed by atoms with Gasteiger partial charge in [0, 0.05) is 24.8 Å². The van der Waals surface area contributed by atoms with Gasteiger partial charge in [0.2, 0.25) is 0 Å². The Kier molecular flexibility index (Phi) is 4.12. The van der Waals surface area contributed by atoms with Gasteiger partial charge < -0.3 is 10.8 Å². The molecule has 0 aliphatic heterocycles. The summed E-state index contributed by atoms with van der Waals surface area (Å²) in [5.41, 5.74) is 8.05. The summed E-state index contributed by atoms with van der Waals surface area (Å²) in [7, 11) is 0. The fourth-order valence-corrected chi connectivity index (χ4v) is 2.12. The van der Waals surface area contributed by atoms with Crippen molar-refractivity contribution in [2.75, 3.05) is 6.61 Å². The first kappa shape index (κ1) is 12.8. The number of benzene rings is 1. The lowest BCUT2D eigenvalue weighted by Crippen LogP contribution is -2.25. The number of nitrogens with two attached hydrogens (primary N) is 1. The largest absolute Gasteiger partial charge is 0.396 e. The quantitative estimate of drug-likeness (QED) is 0.842. The van der Waals surface area contributed by atoms with Crippen LogP contribution in [0.25, 0.3) is 5.69 Å². The van der Waals surface area contributed by atoms with E-state index in [-0.39, 0.29) is 18.6 Å². The number of para-hydroxylation sites is 1. The number of aliphatic hydroxyl groups is 1. The third kappa shape index (κ3) is 2.78. The molecule has 3 N–H and O–H groups in total. The summed E-state index contributed by atoms with van der Waals surface area (Å²) in [5, 5.41) is 13.4. The lowest BCUT2D eigenvalue weighted by molar-refractivity contribution is 0.269. The summed E-state index contributed by atoms with van der Waals surface area (Å²) in [4.78, 5) is 0. The third-order valence-electron chi connectivity index (χ3n) is 3.13. The second-order valence-corrected chi connectivity index (χ2v) is 4.53. The van der Waals surface area contributed by atoms with Crippen LogP contribution >= 0.6 is 0 Å². The molecule has 4 heteroatoms. The molecular weight excluding hydrogens is 226 g/mol. The molecule has 2 atom stereocenters. The van der Waals surface area contributed by atoms with Crippen LogP contribution < -0.4 is 5.73 Å². The van der Waals surface area contributed by atoms with E-state index in [1.165, 1.54) is 0 Å². The van der Waals surface area contributed by atoms with Gasteiger partial charge in [0.25, 0.3) is 0 Å². The maximum atomic E-state index is 9.09. The predicted octanol–water partition coefficient (Wildman–Crippen LogP) is 1.69. The van der Waals surface area contributed by atoms with Crippen LogP contribution in [0.3, 0.4) is 0 Å². The Bertz CT molecular complexity index is 479. The number of rotatable bonds is 5. The molecule has 1 aromatic heterocycles. The minimum absolute atomic E-state index is 0.00516. The molecule has 1 aromatic carbocycles. The second kappa shape index (κ2) is 5.80. The van der Waals surface area contributed by atoms with E-state index in [4.69, 9.17) is 10.8 Å². The third-order valence-corrected chi connectivity index (χ3v) is 3.13. The van der Waals surface area contributed by atoms with Gasteiger partial charge in [-0.3, -0.25) is 0 Å². The maximum absolute atomic E-state index is 9.09. The molecule has 1 heterocycles. The van der Waals surface area contributed by atoms with Crippen molar-refractivity contribution in [3.8, 4) is 5.69 Å². The molecule has 0 radical (unpaired) electrons. The summed E-state index contributed by atoms with van der Waals surface area (Å²) in [5.74, 6) is 0.146. The van der Waals surface area contributed by atoms with Crippen LogP contribution in [0, 0.1) is 0 Å². The average molecular weight is 245 g/mol. The molecule has 96 valence electrons. The van der Waals surface area contributed by atoms with Gasteiger partial charge >= 0.3 is 0 Å². The van der Waals surface area contributed by atoms with E-state index in [0.717, 1.165) is 11.3 Å². The van der Waals surface area contributed by atoms with Gasteiger partial charge in [-0.15, -0.1) is 0 Å². The standard InChI is InChI=1S/C14H19N3O/c1-11(15)14(7-8-18)12-9-16-17(10-12)13-5-3-2-4-6-13/h2-6,9-11,14,18H,7-8,15H2,1H3. The molecule has 0 bridgehead atoms. The highest BCUT2D eigenvalue weighted by Crippen LogP contribution is 2.22. The van der Waals surface area contributed by atoms with Gasteiger partial charge in [-0.2, -0.15) is 5.10 Å². The lowest BCUT2D eigenvalue weighted by atomic mass is 9.93. The molecule has 0 saturated heterocycles. The van der Waals surface area contributed by atoms with Gasteiger partial charge in [-0.1, -0.05) is 18.2 Å². The molecule has 0 amide bonds. The fourth-order valence-electron chi connectivity index (χ4n) is 2.12. The Labute approximate surface area is 107 Å². The van der Waals surface area contributed by atoms with Crippen molar-refractivity contribution in [2.45, 2.75) is 25.3 Å². The molecule has 2 unspecified atom stereocenters. The first-order chi connectivity index (χ1) is 8.72. The molecule has 18 heavy (non-hydrogen) atoms. The number of hydrogen-bond acceptors (Lipinski definition) is 3. The van der Waals surface area contributed by atoms with Crippen molar-refractivity contribution in [3.05, 3.63) is 48.3 Å². The Morgan fingerprint density at radius 1 is 1.33 bits per heavy atom. The van der Waals surface area contributed by atoms with Crippen molar-refractivity contribution in [3.63, 3.8) is 0 Å². The highest BCUT2D eigenvalue weighted by molar-refractivity contribution is 5.31. The summed E-state index contributed by atoms with van der Waals surface area (Å²) in [6.45, 7) is 2.10. The van der Waals surface area contributed by atoms with Gasteiger partial charge in [-0.05, 0) is 31.0 Å². The number of aromatic nitrogens is 2. The van der Waals surface area contributed by atoms with Crippen molar-refractivity contribution in [1.29, 1.82) is 0 Å². The smallest absolute Gasteiger partial charge is 0.0645 e. The topological polar surface area (TPSA) is 64.1 Å². The van der Waals surface area contributed by atoms with Gasteiger partial charge in [0.15, 0.2) is 0 Å². The highest BCUT2D eigenvalue weighted by atomic mass is 16.3. The maximum Gasteiger partial charge on any atom is 0.0645 e. The Balaban J connectivity index is 2.24. The summed E-state index contributed by atoms with van der Waals surface area (Å²) < 4.78 is 1.84. The van der Waals surface area contributed by atoms with E-state index in [1.54, 1.807) is 0 Å². The molecule has 0 spiro atoms. The van der Waals surface area contributed by atoms with Gasteiger partial charge in [0.1, 0.15) is 0 Å². The van der Waals surface area contributed by atoms with Crippen molar-refractivity contribution in [2.24, 2.45) is 5.73 Å². The summed E-state index contributed by atoms with van der Waals surface area (Å²) in [6, 6.07) is 9.95. The number of nitrogens with zero attached hydrogens (tertiary/aromatic N) is 2.